The van der Waals surface area contributed by atoms with Crippen LogP contribution in [0.4, 0.5) is 11.4 Å². The monoisotopic (exact) mass is 654 g/mol. The molecule has 0 saturated carbocycles. The fourth-order valence-corrected chi connectivity index (χ4v) is 7.69. The summed E-state index contributed by atoms with van der Waals surface area (Å²) in [6.45, 7) is 6.06. The molecule has 0 spiro atoms. The average Bonchev–Trinajstić information content (AvgIpc) is 3.77. The van der Waals surface area contributed by atoms with Crippen molar-refractivity contribution in [2.45, 2.75) is 6.92 Å². The van der Waals surface area contributed by atoms with Crippen molar-refractivity contribution in [2.24, 2.45) is 9.98 Å². The zero-order chi connectivity index (χ0) is 34.1. The lowest BCUT2D eigenvalue weighted by atomic mass is 9.93. The van der Waals surface area contributed by atoms with Gasteiger partial charge in [0.1, 0.15) is 22.3 Å². The van der Waals surface area contributed by atoms with E-state index in [4.69, 9.17) is 13.8 Å². The van der Waals surface area contributed by atoms with Crippen LogP contribution in [-0.4, -0.2) is 12.4 Å². The van der Waals surface area contributed by atoms with E-state index in [0.29, 0.717) is 0 Å². The van der Waals surface area contributed by atoms with E-state index in [1.807, 2.05) is 30.3 Å². The highest BCUT2D eigenvalue weighted by atomic mass is 16.3. The molecule has 0 aliphatic carbocycles. The lowest BCUT2D eigenvalue weighted by molar-refractivity contribution is 0.663. The van der Waals surface area contributed by atoms with Gasteiger partial charge in [0, 0.05) is 38.2 Å². The second kappa shape index (κ2) is 11.4. The molecule has 4 heteroatoms. The van der Waals surface area contributed by atoms with Crippen LogP contribution in [0.2, 0.25) is 0 Å². The summed E-state index contributed by atoms with van der Waals surface area (Å²) in [7, 11) is 0. The SMILES string of the molecule is C=Nc1c(/N=C(\C)c2cc(-c3ccccc3)cc(-c3cccc4c3oc3c4ccc4oc5ccccc5c43)c2)c2ccccc2c2ccccc12. The van der Waals surface area contributed by atoms with Gasteiger partial charge in [-0.2, -0.15) is 0 Å². The zero-order valence-electron chi connectivity index (χ0n) is 27.9. The van der Waals surface area contributed by atoms with Gasteiger partial charge in [-0.15, -0.1) is 0 Å². The Bertz CT molecular complexity index is 3050. The molecule has 0 aliphatic heterocycles. The first kappa shape index (κ1) is 29.2. The fourth-order valence-electron chi connectivity index (χ4n) is 7.69. The van der Waals surface area contributed by atoms with Gasteiger partial charge in [0.15, 0.2) is 0 Å². The number of hydrogen-bond acceptors (Lipinski definition) is 4. The molecule has 0 amide bonds. The van der Waals surface area contributed by atoms with Crippen molar-refractivity contribution in [2.75, 3.05) is 0 Å². The predicted molar refractivity (Wildman–Crippen MR) is 214 cm³/mol. The molecule has 0 fully saturated rings. The molecule has 0 unspecified atom stereocenters. The summed E-state index contributed by atoms with van der Waals surface area (Å²) in [6.07, 6.45) is 0. The van der Waals surface area contributed by atoms with Crippen LogP contribution in [0.15, 0.2) is 170 Å². The van der Waals surface area contributed by atoms with E-state index in [9.17, 15) is 0 Å². The summed E-state index contributed by atoms with van der Waals surface area (Å²) < 4.78 is 13.1. The summed E-state index contributed by atoms with van der Waals surface area (Å²) in [4.78, 5) is 9.89. The first-order valence-corrected chi connectivity index (χ1v) is 17.1. The largest absolute Gasteiger partial charge is 0.456 e. The standard InChI is InChI=1S/C47H30N2O2/c1-28(49-45-37-18-9-7-16-35(37)34-15-6-8-17-36(34)44(45)48-2)30-25-31(29-13-4-3-5-14-29)27-32(26-30)33-20-12-21-38-39-23-24-42-43(47(39)51-46(33)38)40-19-10-11-22-41(40)50-42/h3-27H,2H2,1H3/b49-28+. The highest BCUT2D eigenvalue weighted by molar-refractivity contribution is 6.23. The number of nitrogens with zero attached hydrogens (tertiary/aromatic N) is 2. The van der Waals surface area contributed by atoms with Gasteiger partial charge in [0.2, 0.25) is 0 Å². The summed E-state index contributed by atoms with van der Waals surface area (Å²) in [6, 6.07) is 52.6. The van der Waals surface area contributed by atoms with Gasteiger partial charge < -0.3 is 8.83 Å². The van der Waals surface area contributed by atoms with Gasteiger partial charge in [-0.3, -0.25) is 9.98 Å². The highest BCUT2D eigenvalue weighted by Crippen LogP contribution is 2.45. The minimum atomic E-state index is 0.785. The smallest absolute Gasteiger partial charge is 0.147 e. The maximum Gasteiger partial charge on any atom is 0.147 e. The quantitative estimate of drug-likeness (QED) is 0.137. The van der Waals surface area contributed by atoms with Crippen LogP contribution in [-0.2, 0) is 0 Å². The molecule has 51 heavy (non-hydrogen) atoms. The van der Waals surface area contributed by atoms with E-state index in [2.05, 4.69) is 140 Å². The van der Waals surface area contributed by atoms with Crippen molar-refractivity contribution >= 4 is 89.2 Å². The number of benzene rings is 8. The average molecular weight is 655 g/mol. The third kappa shape index (κ3) is 4.54. The van der Waals surface area contributed by atoms with Gasteiger partial charge in [-0.05, 0) is 83.1 Å². The zero-order valence-corrected chi connectivity index (χ0v) is 27.9. The van der Waals surface area contributed by atoms with Crippen LogP contribution in [0.1, 0.15) is 12.5 Å². The Balaban J connectivity index is 1.22. The number of hydrogen-bond donors (Lipinski definition) is 0. The van der Waals surface area contributed by atoms with Gasteiger partial charge in [0.05, 0.1) is 16.8 Å². The number of fused-ring (bicyclic) bond motifs is 10. The molecule has 0 atom stereocenters. The van der Waals surface area contributed by atoms with Crippen LogP contribution in [0, 0.1) is 0 Å². The second-order valence-corrected chi connectivity index (χ2v) is 13.0. The maximum absolute atomic E-state index is 6.87. The van der Waals surface area contributed by atoms with E-state index in [-0.39, 0.29) is 0 Å². The Morgan fingerprint density at radius 2 is 1.10 bits per heavy atom. The molecule has 8 aromatic carbocycles. The molecule has 2 aromatic heterocycles. The lowest BCUT2D eigenvalue weighted by Gasteiger charge is -2.14. The van der Waals surface area contributed by atoms with Crippen molar-refractivity contribution in [3.63, 3.8) is 0 Å². The van der Waals surface area contributed by atoms with E-state index >= 15 is 0 Å². The first-order valence-electron chi connectivity index (χ1n) is 17.1. The van der Waals surface area contributed by atoms with Gasteiger partial charge in [-0.25, -0.2) is 0 Å². The van der Waals surface area contributed by atoms with Crippen molar-refractivity contribution < 1.29 is 8.83 Å². The van der Waals surface area contributed by atoms with E-state index in [1.54, 1.807) is 0 Å². The summed E-state index contributed by atoms with van der Waals surface area (Å²) >= 11 is 0. The molecule has 0 N–H and O–H groups in total. The summed E-state index contributed by atoms with van der Waals surface area (Å²) in [5.41, 5.74) is 11.1. The minimum absolute atomic E-state index is 0.785. The molecule has 10 aromatic rings. The Morgan fingerprint density at radius 3 is 1.86 bits per heavy atom. The predicted octanol–water partition coefficient (Wildman–Crippen LogP) is 13.6. The van der Waals surface area contributed by atoms with Crippen molar-refractivity contribution in [1.29, 1.82) is 0 Å². The maximum atomic E-state index is 6.87. The minimum Gasteiger partial charge on any atom is -0.456 e. The number of para-hydroxylation sites is 2. The Kier molecular flexibility index (Phi) is 6.52. The number of aliphatic imine (C=N–C) groups is 2. The van der Waals surface area contributed by atoms with Gasteiger partial charge in [-0.1, -0.05) is 115 Å². The third-order valence-electron chi connectivity index (χ3n) is 10.1. The molecule has 0 aliphatic rings. The molecule has 0 bridgehead atoms. The van der Waals surface area contributed by atoms with Crippen LogP contribution in [0.5, 0.6) is 0 Å². The Hall–Kier alpha value is -6.78. The summed E-state index contributed by atoms with van der Waals surface area (Å²) in [5, 5.41) is 8.54. The molecule has 240 valence electrons. The molecule has 10 rings (SSSR count). The molecular weight excluding hydrogens is 625 g/mol. The van der Waals surface area contributed by atoms with E-state index < -0.39 is 0 Å². The van der Waals surface area contributed by atoms with Gasteiger partial charge >= 0.3 is 0 Å². The van der Waals surface area contributed by atoms with Crippen LogP contribution in [0.25, 0.3) is 87.7 Å². The molecule has 2 heterocycles. The van der Waals surface area contributed by atoms with E-state index in [0.717, 1.165) is 110 Å². The second-order valence-electron chi connectivity index (χ2n) is 13.0. The summed E-state index contributed by atoms with van der Waals surface area (Å²) in [5.74, 6) is 0. The first-order chi connectivity index (χ1) is 25.2. The van der Waals surface area contributed by atoms with Crippen molar-refractivity contribution in [3.05, 3.63) is 157 Å². The number of furan rings is 2. The van der Waals surface area contributed by atoms with E-state index in [1.165, 1.54) is 0 Å². The highest BCUT2D eigenvalue weighted by Gasteiger charge is 2.20. The Labute approximate surface area is 293 Å². The molecular formula is C47H30N2O2. The molecule has 4 nitrogen and oxygen atoms in total. The third-order valence-corrected chi connectivity index (χ3v) is 10.1. The molecule has 0 saturated heterocycles. The van der Waals surface area contributed by atoms with Crippen molar-refractivity contribution in [3.8, 4) is 22.3 Å². The Morgan fingerprint density at radius 1 is 0.471 bits per heavy atom. The van der Waals surface area contributed by atoms with Crippen LogP contribution in [0.3, 0.4) is 0 Å². The van der Waals surface area contributed by atoms with Crippen LogP contribution < -0.4 is 0 Å². The normalized spacial score (nSPS) is 12.2. The molecule has 0 radical (unpaired) electrons. The fraction of sp³-hybridized carbons (Fsp3) is 0.0213. The lowest BCUT2D eigenvalue weighted by Crippen LogP contribution is -1.97. The van der Waals surface area contributed by atoms with Crippen LogP contribution >= 0.6 is 0 Å². The topological polar surface area (TPSA) is 51.0 Å². The van der Waals surface area contributed by atoms with Gasteiger partial charge in [0.25, 0.3) is 0 Å². The van der Waals surface area contributed by atoms with Crippen molar-refractivity contribution in [1.82, 2.24) is 0 Å². The number of rotatable bonds is 5.